The Kier molecular flexibility index (Phi) is 6.79. The number of rotatable bonds is 7. The van der Waals surface area contributed by atoms with Crippen molar-refractivity contribution < 1.29 is 4.74 Å². The number of aryl methyl sites for hydroxylation is 1. The van der Waals surface area contributed by atoms with Crippen molar-refractivity contribution in [3.63, 3.8) is 0 Å². The molecule has 2 aliphatic rings. The second kappa shape index (κ2) is 9.69. The zero-order valence-electron chi connectivity index (χ0n) is 17.1. The van der Waals surface area contributed by atoms with Crippen LogP contribution in [0.2, 0.25) is 0 Å². The lowest BCUT2D eigenvalue weighted by Gasteiger charge is -2.50. The minimum atomic E-state index is 0.353. The molecule has 0 N–H and O–H groups in total. The fourth-order valence-corrected chi connectivity index (χ4v) is 4.96. The molecule has 0 spiro atoms. The van der Waals surface area contributed by atoms with Crippen LogP contribution in [0.4, 0.5) is 0 Å². The topological polar surface area (TPSA) is 15.7 Å². The van der Waals surface area contributed by atoms with E-state index in [2.05, 4.69) is 70.5 Å². The summed E-state index contributed by atoms with van der Waals surface area (Å²) in [5, 5.41) is 0. The van der Waals surface area contributed by atoms with Gasteiger partial charge in [0, 0.05) is 51.5 Å². The van der Waals surface area contributed by atoms with Gasteiger partial charge < -0.3 is 4.74 Å². The summed E-state index contributed by atoms with van der Waals surface area (Å²) in [6.45, 7) is 7.67. The van der Waals surface area contributed by atoms with Gasteiger partial charge in [0.05, 0.1) is 0 Å². The van der Waals surface area contributed by atoms with Crippen LogP contribution < -0.4 is 0 Å². The second-order valence-corrected chi connectivity index (χ2v) is 8.42. The first-order valence-corrected chi connectivity index (χ1v) is 11.0. The molecular weight excluding hydrogens is 344 g/mol. The van der Waals surface area contributed by atoms with Crippen LogP contribution in [0.25, 0.3) is 0 Å². The summed E-state index contributed by atoms with van der Waals surface area (Å²) in [5.41, 5.74) is 3.25. The number of nitrogens with zero attached hydrogens (tertiary/aromatic N) is 2. The summed E-state index contributed by atoms with van der Waals surface area (Å²) in [6, 6.07) is 21.8. The fraction of sp³-hybridized carbons (Fsp3) is 0.520. The van der Waals surface area contributed by atoms with Crippen LogP contribution in [-0.4, -0.2) is 54.7 Å². The minimum absolute atomic E-state index is 0.353. The van der Waals surface area contributed by atoms with Crippen molar-refractivity contribution in [3.05, 3.63) is 71.8 Å². The standard InChI is InChI=1S/C25H34N2O/c1-3-8-23(9-4-1)12-7-13-25(14-20-28-21-15-25)27-18-16-26(17-19-27)22-24-10-5-2-6-11-24/h1-6,8-11H,7,12-22H2. The Morgan fingerprint density at radius 1 is 0.750 bits per heavy atom. The molecule has 2 saturated heterocycles. The first kappa shape index (κ1) is 19.6. The minimum Gasteiger partial charge on any atom is -0.381 e. The molecule has 2 heterocycles. The van der Waals surface area contributed by atoms with Crippen molar-refractivity contribution in [1.29, 1.82) is 0 Å². The molecule has 28 heavy (non-hydrogen) atoms. The van der Waals surface area contributed by atoms with Gasteiger partial charge in [-0.15, -0.1) is 0 Å². The summed E-state index contributed by atoms with van der Waals surface area (Å²) in [4.78, 5) is 5.42. The molecule has 2 fully saturated rings. The number of hydrogen-bond donors (Lipinski definition) is 0. The SMILES string of the molecule is c1ccc(CCCC2(N3CCN(Cc4ccccc4)CC3)CCOCC2)cc1. The molecule has 3 nitrogen and oxygen atoms in total. The monoisotopic (exact) mass is 378 g/mol. The van der Waals surface area contributed by atoms with E-state index in [9.17, 15) is 0 Å². The molecule has 0 amide bonds. The van der Waals surface area contributed by atoms with Gasteiger partial charge in [0.2, 0.25) is 0 Å². The Hall–Kier alpha value is -1.68. The number of piperazine rings is 1. The lowest BCUT2D eigenvalue weighted by atomic mass is 9.82. The highest BCUT2D eigenvalue weighted by Gasteiger charge is 2.39. The van der Waals surface area contributed by atoms with Gasteiger partial charge in [-0.1, -0.05) is 60.7 Å². The van der Waals surface area contributed by atoms with Crippen LogP contribution in [0.5, 0.6) is 0 Å². The predicted octanol–water partition coefficient (Wildman–Crippen LogP) is 4.38. The number of ether oxygens (including phenoxy) is 1. The van der Waals surface area contributed by atoms with Gasteiger partial charge in [-0.3, -0.25) is 9.80 Å². The van der Waals surface area contributed by atoms with E-state index in [-0.39, 0.29) is 0 Å². The smallest absolute Gasteiger partial charge is 0.0483 e. The number of hydrogen-bond acceptors (Lipinski definition) is 3. The highest BCUT2D eigenvalue weighted by Crippen LogP contribution is 2.34. The molecule has 0 bridgehead atoms. The van der Waals surface area contributed by atoms with Crippen LogP contribution in [0, 0.1) is 0 Å². The van der Waals surface area contributed by atoms with Crippen molar-refractivity contribution in [2.24, 2.45) is 0 Å². The highest BCUT2D eigenvalue weighted by molar-refractivity contribution is 5.15. The summed E-state index contributed by atoms with van der Waals surface area (Å²) in [5.74, 6) is 0. The van der Waals surface area contributed by atoms with Crippen molar-refractivity contribution >= 4 is 0 Å². The van der Waals surface area contributed by atoms with Crippen molar-refractivity contribution in [1.82, 2.24) is 9.80 Å². The Labute approximate surface area is 170 Å². The van der Waals surface area contributed by atoms with Crippen LogP contribution in [0.15, 0.2) is 60.7 Å². The van der Waals surface area contributed by atoms with Crippen molar-refractivity contribution in [2.75, 3.05) is 39.4 Å². The highest BCUT2D eigenvalue weighted by atomic mass is 16.5. The van der Waals surface area contributed by atoms with Crippen LogP contribution in [0.3, 0.4) is 0 Å². The molecule has 0 saturated carbocycles. The summed E-state index contributed by atoms with van der Waals surface area (Å²) < 4.78 is 5.74. The van der Waals surface area contributed by atoms with E-state index >= 15 is 0 Å². The van der Waals surface area contributed by atoms with Crippen LogP contribution >= 0.6 is 0 Å². The third-order valence-electron chi connectivity index (χ3n) is 6.67. The second-order valence-electron chi connectivity index (χ2n) is 8.42. The average Bonchev–Trinajstić information content (AvgIpc) is 2.76. The van der Waals surface area contributed by atoms with Crippen LogP contribution in [-0.2, 0) is 17.7 Å². The quantitative estimate of drug-likeness (QED) is 0.711. The van der Waals surface area contributed by atoms with Gasteiger partial charge in [-0.05, 0) is 43.2 Å². The van der Waals surface area contributed by atoms with E-state index in [1.54, 1.807) is 0 Å². The first-order chi connectivity index (χ1) is 13.8. The Bertz CT molecular complexity index is 689. The lowest BCUT2D eigenvalue weighted by molar-refractivity contribution is -0.0530. The summed E-state index contributed by atoms with van der Waals surface area (Å²) in [6.07, 6.45) is 6.15. The lowest BCUT2D eigenvalue weighted by Crippen LogP contribution is -2.58. The van der Waals surface area contributed by atoms with E-state index in [4.69, 9.17) is 4.74 Å². The molecule has 0 atom stereocenters. The largest absolute Gasteiger partial charge is 0.381 e. The molecule has 0 aliphatic carbocycles. The maximum absolute atomic E-state index is 5.74. The van der Waals surface area contributed by atoms with Crippen molar-refractivity contribution in [3.8, 4) is 0 Å². The van der Waals surface area contributed by atoms with Gasteiger partial charge in [0.1, 0.15) is 0 Å². The molecule has 2 aliphatic heterocycles. The number of benzene rings is 2. The predicted molar refractivity (Wildman–Crippen MR) is 115 cm³/mol. The van der Waals surface area contributed by atoms with Crippen LogP contribution in [0.1, 0.15) is 36.8 Å². The molecule has 0 aromatic heterocycles. The zero-order chi connectivity index (χ0) is 19.1. The third-order valence-corrected chi connectivity index (χ3v) is 6.67. The van der Waals surface area contributed by atoms with E-state index < -0.39 is 0 Å². The zero-order valence-corrected chi connectivity index (χ0v) is 17.1. The van der Waals surface area contributed by atoms with E-state index in [0.29, 0.717) is 5.54 Å². The molecule has 2 aromatic carbocycles. The van der Waals surface area contributed by atoms with Gasteiger partial charge in [-0.2, -0.15) is 0 Å². The molecule has 4 rings (SSSR count). The fourth-order valence-electron chi connectivity index (χ4n) is 4.96. The molecule has 0 unspecified atom stereocenters. The molecule has 2 aromatic rings. The molecule has 150 valence electrons. The Balaban J connectivity index is 1.32. The average molecular weight is 379 g/mol. The van der Waals surface area contributed by atoms with E-state index in [0.717, 1.165) is 19.8 Å². The first-order valence-electron chi connectivity index (χ1n) is 11.0. The molecule has 3 heteroatoms. The van der Waals surface area contributed by atoms with E-state index in [1.807, 2.05) is 0 Å². The molecular formula is C25H34N2O. The van der Waals surface area contributed by atoms with Gasteiger partial charge in [0.15, 0.2) is 0 Å². The summed E-state index contributed by atoms with van der Waals surface area (Å²) >= 11 is 0. The Morgan fingerprint density at radius 2 is 1.36 bits per heavy atom. The maximum atomic E-state index is 5.74. The van der Waals surface area contributed by atoms with Crippen molar-refractivity contribution in [2.45, 2.75) is 44.2 Å². The van der Waals surface area contributed by atoms with Gasteiger partial charge >= 0.3 is 0 Å². The Morgan fingerprint density at radius 3 is 2.00 bits per heavy atom. The maximum Gasteiger partial charge on any atom is 0.0483 e. The van der Waals surface area contributed by atoms with Gasteiger partial charge in [0.25, 0.3) is 0 Å². The molecule has 0 radical (unpaired) electrons. The summed E-state index contributed by atoms with van der Waals surface area (Å²) in [7, 11) is 0. The third kappa shape index (κ3) is 5.02. The normalized spacial score (nSPS) is 20.9. The van der Waals surface area contributed by atoms with Gasteiger partial charge in [-0.25, -0.2) is 0 Å². The van der Waals surface area contributed by atoms with E-state index in [1.165, 1.54) is 69.4 Å².